The van der Waals surface area contributed by atoms with Crippen LogP contribution in [0.1, 0.15) is 0 Å². The van der Waals surface area contributed by atoms with Crippen molar-refractivity contribution in [3.8, 4) is 0 Å². The molecule has 0 aliphatic rings. The zero-order chi connectivity index (χ0) is 13.1. The minimum Gasteiger partial charge on any atom is -0.372 e. The number of hydrogen-bond acceptors (Lipinski definition) is 5. The first-order chi connectivity index (χ1) is 8.60. The number of aromatic nitrogens is 3. The van der Waals surface area contributed by atoms with Crippen molar-refractivity contribution in [1.29, 1.82) is 0 Å². The lowest BCUT2D eigenvalue weighted by Gasteiger charge is -2.07. The van der Waals surface area contributed by atoms with Crippen LogP contribution in [-0.2, 0) is 0 Å². The molecule has 0 aliphatic carbocycles. The van der Waals surface area contributed by atoms with Crippen molar-refractivity contribution in [3.63, 3.8) is 0 Å². The van der Waals surface area contributed by atoms with E-state index in [4.69, 9.17) is 23.2 Å². The Morgan fingerprint density at radius 2 is 2.17 bits per heavy atom. The smallest absolute Gasteiger partial charge is 0.251 e. The number of nitrogens with zero attached hydrogens (tertiary/aromatic N) is 2. The average Bonchev–Trinajstić information content (AvgIpc) is 2.33. The summed E-state index contributed by atoms with van der Waals surface area (Å²) in [6.45, 7) is 0. The van der Waals surface area contributed by atoms with E-state index in [0.717, 1.165) is 11.8 Å². The molecule has 0 saturated heterocycles. The van der Waals surface area contributed by atoms with Crippen molar-refractivity contribution in [3.05, 3.63) is 38.7 Å². The zero-order valence-corrected chi connectivity index (χ0v) is 11.5. The second-order valence-corrected chi connectivity index (χ2v) is 4.99. The normalized spacial score (nSPS) is 10.4. The molecule has 2 aromatic rings. The summed E-state index contributed by atoms with van der Waals surface area (Å²) in [6.07, 6.45) is 1.42. The Labute approximate surface area is 117 Å². The summed E-state index contributed by atoms with van der Waals surface area (Å²) in [6, 6.07) is 2.92. The number of aromatic amines is 1. The monoisotopic (exact) mass is 302 g/mol. The van der Waals surface area contributed by atoms with Gasteiger partial charge in [-0.25, -0.2) is 9.97 Å². The molecule has 2 rings (SSSR count). The third-order valence-electron chi connectivity index (χ3n) is 1.98. The van der Waals surface area contributed by atoms with E-state index in [1.54, 1.807) is 13.1 Å². The summed E-state index contributed by atoms with van der Waals surface area (Å²) in [5.74, 6) is 0.516. The van der Waals surface area contributed by atoms with Gasteiger partial charge in [0.1, 0.15) is 10.8 Å². The van der Waals surface area contributed by atoms with Crippen molar-refractivity contribution in [2.24, 2.45) is 0 Å². The summed E-state index contributed by atoms with van der Waals surface area (Å²) in [7, 11) is 1.71. The molecule has 0 unspecified atom stereocenters. The van der Waals surface area contributed by atoms with E-state index in [9.17, 15) is 4.79 Å². The molecule has 0 aliphatic heterocycles. The highest BCUT2D eigenvalue weighted by Crippen LogP contribution is 2.33. The van der Waals surface area contributed by atoms with Crippen LogP contribution in [0.25, 0.3) is 0 Å². The molecule has 2 heterocycles. The fourth-order valence-corrected chi connectivity index (χ4v) is 2.50. The fourth-order valence-electron chi connectivity index (χ4n) is 1.19. The first kappa shape index (κ1) is 13.2. The van der Waals surface area contributed by atoms with Gasteiger partial charge in [0.15, 0.2) is 5.16 Å². The predicted molar refractivity (Wildman–Crippen MR) is 72.8 cm³/mol. The van der Waals surface area contributed by atoms with Gasteiger partial charge in [0.2, 0.25) is 0 Å². The van der Waals surface area contributed by atoms with Crippen LogP contribution >= 0.6 is 35.0 Å². The number of rotatable bonds is 3. The lowest BCUT2D eigenvalue weighted by Crippen LogP contribution is -2.05. The lowest BCUT2D eigenvalue weighted by atomic mass is 10.4. The molecule has 0 amide bonds. The third-order valence-corrected chi connectivity index (χ3v) is 3.57. The van der Waals surface area contributed by atoms with Gasteiger partial charge in [-0.15, -0.1) is 0 Å². The van der Waals surface area contributed by atoms with Crippen molar-refractivity contribution in [2.75, 3.05) is 12.4 Å². The maximum absolute atomic E-state index is 11.1. The Hall–Kier alpha value is -1.24. The first-order valence-electron chi connectivity index (χ1n) is 4.87. The molecular weight excluding hydrogens is 295 g/mol. The molecule has 0 aromatic carbocycles. The van der Waals surface area contributed by atoms with E-state index in [1.807, 2.05) is 0 Å². The molecule has 0 spiro atoms. The molecule has 0 saturated carbocycles. The van der Waals surface area contributed by atoms with Crippen LogP contribution in [-0.4, -0.2) is 22.0 Å². The lowest BCUT2D eigenvalue weighted by molar-refractivity contribution is 0.932. The molecular formula is C10H8Cl2N4OS. The summed E-state index contributed by atoms with van der Waals surface area (Å²) in [4.78, 5) is 22.0. The van der Waals surface area contributed by atoms with E-state index >= 15 is 0 Å². The fraction of sp³-hybridized carbons (Fsp3) is 0.100. The highest BCUT2D eigenvalue weighted by atomic mass is 35.5. The standard InChI is InChI=1S/C10H8Cl2N4OS/c1-13-8-5(11)4-6(12)9(16-8)18-10-14-3-2-7(17)15-10/h2-4H,1H3,(H,13,16)(H,14,15,17). The number of nitrogens with one attached hydrogen (secondary N) is 2. The quantitative estimate of drug-likeness (QED) is 0.853. The van der Waals surface area contributed by atoms with Gasteiger partial charge in [-0.05, 0) is 17.8 Å². The second-order valence-electron chi connectivity index (χ2n) is 3.20. The van der Waals surface area contributed by atoms with E-state index in [1.165, 1.54) is 12.3 Å². The average molecular weight is 303 g/mol. The summed E-state index contributed by atoms with van der Waals surface area (Å²) >= 11 is 13.1. The maximum atomic E-state index is 11.1. The van der Waals surface area contributed by atoms with Gasteiger partial charge in [-0.2, -0.15) is 0 Å². The Kier molecular flexibility index (Phi) is 4.11. The zero-order valence-electron chi connectivity index (χ0n) is 9.20. The Balaban J connectivity index is 2.37. The second kappa shape index (κ2) is 5.60. The van der Waals surface area contributed by atoms with Crippen LogP contribution in [0.5, 0.6) is 0 Å². The van der Waals surface area contributed by atoms with Gasteiger partial charge in [-0.3, -0.25) is 4.79 Å². The summed E-state index contributed by atoms with van der Waals surface area (Å²) < 4.78 is 0. The molecule has 8 heteroatoms. The highest BCUT2D eigenvalue weighted by Gasteiger charge is 2.10. The Morgan fingerprint density at radius 3 is 2.83 bits per heavy atom. The van der Waals surface area contributed by atoms with Crippen LogP contribution in [0.3, 0.4) is 0 Å². The van der Waals surface area contributed by atoms with Gasteiger partial charge in [0.25, 0.3) is 5.56 Å². The van der Waals surface area contributed by atoms with E-state index < -0.39 is 0 Å². The van der Waals surface area contributed by atoms with Crippen LogP contribution in [0.2, 0.25) is 10.0 Å². The van der Waals surface area contributed by atoms with Gasteiger partial charge < -0.3 is 10.3 Å². The molecule has 5 nitrogen and oxygen atoms in total. The van der Waals surface area contributed by atoms with Crippen LogP contribution in [0.4, 0.5) is 5.82 Å². The van der Waals surface area contributed by atoms with Crippen LogP contribution in [0, 0.1) is 0 Å². The Bertz CT molecular complexity index is 632. The number of halogens is 2. The van der Waals surface area contributed by atoms with E-state index in [0.29, 0.717) is 26.0 Å². The maximum Gasteiger partial charge on any atom is 0.251 e. The number of anilines is 1. The third kappa shape index (κ3) is 2.95. The number of hydrogen-bond donors (Lipinski definition) is 2. The van der Waals surface area contributed by atoms with Crippen molar-refractivity contribution in [1.82, 2.24) is 15.0 Å². The summed E-state index contributed by atoms with van der Waals surface area (Å²) in [5.41, 5.74) is -0.230. The molecule has 0 fully saturated rings. The predicted octanol–water partition coefficient (Wildman–Crippen LogP) is 2.66. The highest BCUT2D eigenvalue weighted by molar-refractivity contribution is 7.99. The van der Waals surface area contributed by atoms with Crippen LogP contribution < -0.4 is 10.9 Å². The van der Waals surface area contributed by atoms with E-state index in [-0.39, 0.29) is 5.56 Å². The van der Waals surface area contributed by atoms with Gasteiger partial charge in [0.05, 0.1) is 10.0 Å². The number of pyridine rings is 1. The van der Waals surface area contributed by atoms with Crippen molar-refractivity contribution in [2.45, 2.75) is 10.2 Å². The van der Waals surface area contributed by atoms with Gasteiger partial charge in [-0.1, -0.05) is 23.2 Å². The molecule has 2 aromatic heterocycles. The van der Waals surface area contributed by atoms with Crippen molar-refractivity contribution < 1.29 is 0 Å². The molecule has 0 radical (unpaired) electrons. The van der Waals surface area contributed by atoms with Crippen LogP contribution in [0.15, 0.2) is 33.3 Å². The molecule has 0 bridgehead atoms. The minimum absolute atomic E-state index is 0.230. The van der Waals surface area contributed by atoms with Crippen molar-refractivity contribution >= 4 is 40.8 Å². The SMILES string of the molecule is CNc1nc(Sc2nccc(=O)[nH]2)c(Cl)cc1Cl. The molecule has 94 valence electrons. The minimum atomic E-state index is -0.230. The van der Waals surface area contributed by atoms with Gasteiger partial charge >= 0.3 is 0 Å². The molecule has 18 heavy (non-hydrogen) atoms. The van der Waals surface area contributed by atoms with E-state index in [2.05, 4.69) is 20.3 Å². The molecule has 2 N–H and O–H groups in total. The largest absolute Gasteiger partial charge is 0.372 e. The summed E-state index contributed by atoms with van der Waals surface area (Å²) in [5, 5.41) is 4.61. The van der Waals surface area contributed by atoms with Gasteiger partial charge in [0, 0.05) is 19.3 Å². The Morgan fingerprint density at radius 1 is 1.39 bits per heavy atom. The topological polar surface area (TPSA) is 70.7 Å². The number of H-pyrrole nitrogens is 1. The first-order valence-corrected chi connectivity index (χ1v) is 6.44. The molecule has 0 atom stereocenters.